The number of nitrogens with zero attached hydrogens (tertiary/aromatic N) is 3. The molecule has 0 fully saturated rings. The molecule has 3 aliphatic rings. The van der Waals surface area contributed by atoms with E-state index in [1.54, 1.807) is 4.68 Å². The molecule has 0 bridgehead atoms. The van der Waals surface area contributed by atoms with Crippen LogP contribution in [0.1, 0.15) is 28.7 Å². The number of hydrogen-bond donors (Lipinski definition) is 2. The third kappa shape index (κ3) is 2.34. The predicted octanol–water partition coefficient (Wildman–Crippen LogP) is 1.80. The first-order valence-corrected chi connectivity index (χ1v) is 10.3. The molecule has 5 rings (SSSR count). The van der Waals surface area contributed by atoms with E-state index >= 15 is 0 Å². The van der Waals surface area contributed by atoms with E-state index in [2.05, 4.69) is 20.8 Å². The third-order valence-corrected chi connectivity index (χ3v) is 6.66. The Morgan fingerprint density at radius 1 is 1.27 bits per heavy atom. The van der Waals surface area contributed by atoms with Gasteiger partial charge in [-0.25, -0.2) is 18.8 Å². The van der Waals surface area contributed by atoms with E-state index in [-0.39, 0.29) is 4.90 Å². The summed E-state index contributed by atoms with van der Waals surface area (Å²) in [6.45, 7) is 1.01. The van der Waals surface area contributed by atoms with Crippen LogP contribution in [0.25, 0.3) is 0 Å². The molecule has 0 saturated heterocycles. The molecule has 8 nitrogen and oxygen atoms in total. The molecule has 2 aliphatic carbocycles. The summed E-state index contributed by atoms with van der Waals surface area (Å²) in [6, 6.07) is 1.57. The quantitative estimate of drug-likeness (QED) is 0.836. The van der Waals surface area contributed by atoms with E-state index in [9.17, 15) is 9.00 Å². The fourth-order valence-electron chi connectivity index (χ4n) is 3.99. The van der Waals surface area contributed by atoms with Crippen LogP contribution in [0.5, 0.6) is 5.88 Å². The number of fused-ring (bicyclic) bond motifs is 3. The molecule has 1 aliphatic heterocycles. The van der Waals surface area contributed by atoms with Gasteiger partial charge in [0.15, 0.2) is 9.92 Å². The third-order valence-electron chi connectivity index (χ3n) is 5.31. The molecule has 1 aromatic carbocycles. The zero-order chi connectivity index (χ0) is 17.9. The number of aryl methyl sites for hydroxylation is 2. The molecular formula is C17H19N5O3S. The van der Waals surface area contributed by atoms with Gasteiger partial charge in [0.2, 0.25) is 5.88 Å². The van der Waals surface area contributed by atoms with Crippen molar-refractivity contribution in [2.24, 2.45) is 9.50 Å². The first-order valence-electron chi connectivity index (χ1n) is 8.74. The van der Waals surface area contributed by atoms with Gasteiger partial charge in [-0.05, 0) is 54.4 Å². The Kier molecular flexibility index (Phi) is 3.38. The lowest BCUT2D eigenvalue weighted by Crippen LogP contribution is -2.21. The zero-order valence-electron chi connectivity index (χ0n) is 14.2. The molecule has 0 radical (unpaired) electrons. The van der Waals surface area contributed by atoms with Crippen LogP contribution in [-0.4, -0.2) is 26.6 Å². The van der Waals surface area contributed by atoms with Crippen molar-refractivity contribution in [3.63, 3.8) is 0 Å². The Morgan fingerprint density at radius 3 is 2.88 bits per heavy atom. The highest BCUT2D eigenvalue weighted by Crippen LogP contribution is 2.39. The lowest BCUT2D eigenvalue weighted by atomic mass is 9.83. The Balaban J connectivity index is 1.48. The highest BCUT2D eigenvalue weighted by atomic mass is 32.2. The number of rotatable bonds is 2. The average molecular weight is 373 g/mol. The van der Waals surface area contributed by atoms with Crippen molar-refractivity contribution in [1.29, 1.82) is 0 Å². The number of urea groups is 1. The van der Waals surface area contributed by atoms with E-state index in [4.69, 9.17) is 9.88 Å². The topological polar surface area (TPSA) is 112 Å². The van der Waals surface area contributed by atoms with Gasteiger partial charge < -0.3 is 10.1 Å². The zero-order valence-corrected chi connectivity index (χ0v) is 15.0. The van der Waals surface area contributed by atoms with Crippen molar-refractivity contribution in [1.82, 2.24) is 9.78 Å². The summed E-state index contributed by atoms with van der Waals surface area (Å²) < 4.78 is 23.6. The molecule has 2 amide bonds. The van der Waals surface area contributed by atoms with Crippen LogP contribution in [-0.2, 0) is 42.1 Å². The van der Waals surface area contributed by atoms with Crippen LogP contribution in [0.3, 0.4) is 0 Å². The van der Waals surface area contributed by atoms with Crippen LogP contribution in [0.4, 0.5) is 10.5 Å². The number of benzene rings is 1. The molecule has 136 valence electrons. The molecule has 1 aromatic heterocycles. The lowest BCUT2D eigenvalue weighted by Gasteiger charge is -2.25. The maximum absolute atomic E-state index is 12.8. The number of ether oxygens (including phenoxy) is 1. The first-order chi connectivity index (χ1) is 12.5. The minimum Gasteiger partial charge on any atom is -0.475 e. The van der Waals surface area contributed by atoms with Crippen molar-refractivity contribution >= 4 is 21.6 Å². The summed E-state index contributed by atoms with van der Waals surface area (Å²) in [6.07, 6.45) is 6.42. The Bertz CT molecular complexity index is 1060. The SMILES string of the molecule is NS(=O)(=NC(=O)Nc1c2c(cc3c1CC3)CCC2)c1cnn2c1OCC2. The number of anilines is 1. The van der Waals surface area contributed by atoms with Gasteiger partial charge in [0.25, 0.3) is 0 Å². The highest BCUT2D eigenvalue weighted by molar-refractivity contribution is 7.91. The van der Waals surface area contributed by atoms with Crippen molar-refractivity contribution in [3.8, 4) is 5.88 Å². The van der Waals surface area contributed by atoms with Crippen LogP contribution in [0, 0.1) is 0 Å². The second kappa shape index (κ2) is 5.55. The second-order valence-corrected chi connectivity index (χ2v) is 8.62. The van der Waals surface area contributed by atoms with Gasteiger partial charge in [0, 0.05) is 5.69 Å². The van der Waals surface area contributed by atoms with Gasteiger partial charge >= 0.3 is 6.03 Å². The monoisotopic (exact) mass is 373 g/mol. The molecule has 2 heterocycles. The van der Waals surface area contributed by atoms with Crippen LogP contribution in [0.2, 0.25) is 0 Å². The summed E-state index contributed by atoms with van der Waals surface area (Å²) >= 11 is 0. The number of amides is 2. The molecule has 26 heavy (non-hydrogen) atoms. The van der Waals surface area contributed by atoms with Gasteiger partial charge in [0.05, 0.1) is 12.7 Å². The molecule has 0 saturated carbocycles. The van der Waals surface area contributed by atoms with Crippen molar-refractivity contribution < 1.29 is 13.7 Å². The summed E-state index contributed by atoms with van der Waals surface area (Å²) in [4.78, 5) is 12.7. The lowest BCUT2D eigenvalue weighted by molar-refractivity contribution is 0.260. The maximum atomic E-state index is 12.8. The minimum atomic E-state index is -3.43. The van der Waals surface area contributed by atoms with E-state index in [1.807, 2.05) is 0 Å². The smallest absolute Gasteiger partial charge is 0.354 e. The van der Waals surface area contributed by atoms with Gasteiger partial charge in [0.1, 0.15) is 11.5 Å². The van der Waals surface area contributed by atoms with E-state index in [0.717, 1.165) is 37.8 Å². The Hall–Kier alpha value is -2.39. The van der Waals surface area contributed by atoms with E-state index < -0.39 is 15.9 Å². The van der Waals surface area contributed by atoms with Crippen LogP contribution >= 0.6 is 0 Å². The number of carbonyl (C=O) groups excluding carboxylic acids is 1. The summed E-state index contributed by atoms with van der Waals surface area (Å²) in [7, 11) is -3.43. The fraction of sp³-hybridized carbons (Fsp3) is 0.412. The summed E-state index contributed by atoms with van der Waals surface area (Å²) in [5.41, 5.74) is 5.80. The molecular weight excluding hydrogens is 354 g/mol. The highest BCUT2D eigenvalue weighted by Gasteiger charge is 2.28. The van der Waals surface area contributed by atoms with Gasteiger partial charge in [-0.15, -0.1) is 4.36 Å². The number of nitrogens with one attached hydrogen (secondary N) is 1. The second-order valence-electron chi connectivity index (χ2n) is 6.86. The Morgan fingerprint density at radius 2 is 2.08 bits per heavy atom. The van der Waals surface area contributed by atoms with E-state index in [1.165, 1.54) is 28.5 Å². The molecule has 2 aromatic rings. The predicted molar refractivity (Wildman–Crippen MR) is 95.6 cm³/mol. The summed E-state index contributed by atoms with van der Waals surface area (Å²) in [5.74, 6) is 0.332. The van der Waals surface area contributed by atoms with E-state index in [0.29, 0.717) is 19.0 Å². The van der Waals surface area contributed by atoms with Crippen molar-refractivity contribution in [2.45, 2.75) is 43.5 Å². The van der Waals surface area contributed by atoms with Crippen LogP contribution < -0.4 is 15.2 Å². The van der Waals surface area contributed by atoms with Crippen LogP contribution in [0.15, 0.2) is 21.5 Å². The number of carbonyl (C=O) groups is 1. The van der Waals surface area contributed by atoms with Crippen molar-refractivity contribution in [3.05, 3.63) is 34.5 Å². The molecule has 9 heteroatoms. The largest absolute Gasteiger partial charge is 0.475 e. The standard InChI is InChI=1S/C17H19N5O3S/c18-26(24,14-9-19-22-6-7-25-16(14)22)21-17(23)20-15-12-3-1-2-10(12)8-11-4-5-13(11)15/h8-9H,1-7H2,(H3,18,20,21,23,24). The molecule has 1 atom stereocenters. The number of aromatic nitrogens is 2. The number of hydrogen-bond acceptors (Lipinski definition) is 4. The molecule has 0 spiro atoms. The maximum Gasteiger partial charge on any atom is 0.354 e. The number of nitrogens with two attached hydrogens (primary N) is 1. The first kappa shape index (κ1) is 15.8. The average Bonchev–Trinajstić information content (AvgIpc) is 3.24. The molecule has 1 unspecified atom stereocenters. The van der Waals surface area contributed by atoms with Crippen molar-refractivity contribution in [2.75, 3.05) is 11.9 Å². The van der Waals surface area contributed by atoms with Gasteiger partial charge in [-0.1, -0.05) is 6.07 Å². The Labute approximate surface area is 151 Å². The molecule has 3 N–H and O–H groups in total. The minimum absolute atomic E-state index is 0.163. The normalized spacial score (nSPS) is 18.8. The fourth-order valence-corrected chi connectivity index (χ4v) is 4.99. The summed E-state index contributed by atoms with van der Waals surface area (Å²) in [5, 5.41) is 12.8. The van der Waals surface area contributed by atoms with Gasteiger partial charge in [-0.2, -0.15) is 5.10 Å². The van der Waals surface area contributed by atoms with Gasteiger partial charge in [-0.3, -0.25) is 0 Å².